The molecule has 1 aliphatic heterocycles. The summed E-state index contributed by atoms with van der Waals surface area (Å²) in [6.07, 6.45) is -0.207. The molecule has 1 atom stereocenters. The number of hydroxylamine groups is 1. The number of nitrogens with zero attached hydrogens (tertiary/aromatic N) is 2. The summed E-state index contributed by atoms with van der Waals surface area (Å²) >= 11 is 0. The van der Waals surface area contributed by atoms with Crippen molar-refractivity contribution in [3.8, 4) is 0 Å². The maximum Gasteiger partial charge on any atom is 0.338 e. The first-order valence-corrected chi connectivity index (χ1v) is 11.0. The Balaban J connectivity index is 1.52. The van der Waals surface area contributed by atoms with Crippen molar-refractivity contribution in [2.75, 3.05) is 40.5 Å². The van der Waals surface area contributed by atoms with Gasteiger partial charge < -0.3 is 9.47 Å². The van der Waals surface area contributed by atoms with E-state index in [0.29, 0.717) is 13.2 Å². The number of carbonyl (C=O) groups excluding carboxylic acids is 1. The van der Waals surface area contributed by atoms with Gasteiger partial charge in [-0.2, -0.15) is 0 Å². The van der Waals surface area contributed by atoms with Crippen LogP contribution in [0.4, 0.5) is 0 Å². The first-order chi connectivity index (χ1) is 14.4. The van der Waals surface area contributed by atoms with E-state index in [1.54, 1.807) is 0 Å². The molecule has 0 aliphatic carbocycles. The Morgan fingerprint density at radius 1 is 1.17 bits per heavy atom. The maximum atomic E-state index is 12.3. The molecular weight excluding hydrogens is 408 g/mol. The average Bonchev–Trinajstić information content (AvgIpc) is 2.78. The Kier molecular flexibility index (Phi) is 7.57. The second kappa shape index (κ2) is 10.1. The van der Waals surface area contributed by atoms with E-state index in [0.717, 1.165) is 17.6 Å². The van der Waals surface area contributed by atoms with Crippen LogP contribution in [0.15, 0.2) is 59.5 Å². The first kappa shape index (κ1) is 22.4. The first-order valence-electron chi connectivity index (χ1n) is 9.58. The van der Waals surface area contributed by atoms with Gasteiger partial charge in [0.05, 0.1) is 24.2 Å². The van der Waals surface area contributed by atoms with Crippen molar-refractivity contribution in [1.82, 2.24) is 9.37 Å². The highest BCUT2D eigenvalue weighted by molar-refractivity contribution is 7.89. The van der Waals surface area contributed by atoms with Gasteiger partial charge in [-0.15, -0.1) is 0 Å². The third kappa shape index (κ3) is 5.65. The molecule has 9 heteroatoms. The van der Waals surface area contributed by atoms with Crippen molar-refractivity contribution in [3.05, 3.63) is 65.7 Å². The minimum Gasteiger partial charge on any atom is -0.459 e. The highest BCUT2D eigenvalue weighted by Gasteiger charge is 2.23. The van der Waals surface area contributed by atoms with Crippen LogP contribution in [-0.2, 0) is 30.9 Å². The summed E-state index contributed by atoms with van der Waals surface area (Å²) in [4.78, 5) is 19.4. The monoisotopic (exact) mass is 434 g/mol. The molecule has 1 heterocycles. The molecule has 1 unspecified atom stereocenters. The standard InChI is InChI=1S/C21H26N2O6S/c1-22(27-2)30(25,26)20-10-8-18(9-11-20)21(24)29-16-19-15-23(12-13-28-19)14-17-6-4-3-5-7-17/h3-11,19H,12-16H2,1-2H3. The van der Waals surface area contributed by atoms with Gasteiger partial charge in [0.2, 0.25) is 0 Å². The van der Waals surface area contributed by atoms with Gasteiger partial charge in [0.15, 0.2) is 0 Å². The van der Waals surface area contributed by atoms with Crippen molar-refractivity contribution >= 4 is 16.0 Å². The lowest BCUT2D eigenvalue weighted by Gasteiger charge is -2.32. The molecule has 0 bridgehead atoms. The van der Waals surface area contributed by atoms with Crippen LogP contribution in [0.25, 0.3) is 0 Å². The van der Waals surface area contributed by atoms with E-state index in [-0.39, 0.29) is 23.2 Å². The van der Waals surface area contributed by atoms with Crippen LogP contribution in [0.1, 0.15) is 15.9 Å². The highest BCUT2D eigenvalue weighted by atomic mass is 32.2. The summed E-state index contributed by atoms with van der Waals surface area (Å²) in [7, 11) is -1.20. The van der Waals surface area contributed by atoms with E-state index in [1.807, 2.05) is 18.2 Å². The van der Waals surface area contributed by atoms with Gasteiger partial charge in [0.1, 0.15) is 12.7 Å². The second-order valence-electron chi connectivity index (χ2n) is 6.93. The van der Waals surface area contributed by atoms with Gasteiger partial charge in [-0.1, -0.05) is 34.8 Å². The predicted molar refractivity (Wildman–Crippen MR) is 110 cm³/mol. The summed E-state index contributed by atoms with van der Waals surface area (Å²) in [6.45, 7) is 3.03. The van der Waals surface area contributed by atoms with Gasteiger partial charge in [0, 0.05) is 26.7 Å². The Morgan fingerprint density at radius 2 is 1.87 bits per heavy atom. The number of hydrogen-bond donors (Lipinski definition) is 0. The van der Waals surface area contributed by atoms with Crippen molar-refractivity contribution in [2.45, 2.75) is 17.5 Å². The lowest BCUT2D eigenvalue weighted by molar-refractivity contribution is -0.0612. The number of ether oxygens (including phenoxy) is 2. The Hall–Kier alpha value is -2.30. The lowest BCUT2D eigenvalue weighted by atomic mass is 10.2. The number of rotatable bonds is 8. The van der Waals surface area contributed by atoms with Gasteiger partial charge in [-0.25, -0.2) is 13.2 Å². The molecule has 2 aromatic rings. The van der Waals surface area contributed by atoms with Gasteiger partial charge in [-0.05, 0) is 29.8 Å². The minimum atomic E-state index is -3.76. The van der Waals surface area contributed by atoms with Gasteiger partial charge in [-0.3, -0.25) is 9.74 Å². The number of hydrogen-bond acceptors (Lipinski definition) is 7. The van der Waals surface area contributed by atoms with E-state index in [2.05, 4.69) is 17.0 Å². The number of benzene rings is 2. The quantitative estimate of drug-likeness (QED) is 0.464. The molecule has 0 amide bonds. The number of morpholine rings is 1. The van der Waals surface area contributed by atoms with Crippen molar-refractivity contribution in [3.63, 3.8) is 0 Å². The Morgan fingerprint density at radius 3 is 2.53 bits per heavy atom. The molecule has 0 N–H and O–H groups in total. The number of sulfonamides is 1. The number of esters is 1. The summed E-state index contributed by atoms with van der Waals surface area (Å²) in [6, 6.07) is 15.7. The zero-order valence-electron chi connectivity index (χ0n) is 17.1. The summed E-state index contributed by atoms with van der Waals surface area (Å²) < 4.78 is 36.3. The van der Waals surface area contributed by atoms with Crippen molar-refractivity contribution in [1.29, 1.82) is 0 Å². The molecule has 1 aliphatic rings. The van der Waals surface area contributed by atoms with Crippen LogP contribution < -0.4 is 0 Å². The molecule has 1 saturated heterocycles. The van der Waals surface area contributed by atoms with Crippen molar-refractivity contribution in [2.24, 2.45) is 0 Å². The highest BCUT2D eigenvalue weighted by Crippen LogP contribution is 2.16. The summed E-state index contributed by atoms with van der Waals surface area (Å²) in [5, 5.41) is 0. The fraction of sp³-hybridized carbons (Fsp3) is 0.381. The van der Waals surface area contributed by atoms with Crippen LogP contribution in [0.5, 0.6) is 0 Å². The molecule has 3 rings (SSSR count). The van der Waals surface area contributed by atoms with E-state index >= 15 is 0 Å². The molecule has 8 nitrogen and oxygen atoms in total. The summed E-state index contributed by atoms with van der Waals surface area (Å²) in [5.74, 6) is -0.525. The van der Waals surface area contributed by atoms with Crippen LogP contribution in [0.2, 0.25) is 0 Å². The average molecular weight is 435 g/mol. The van der Waals surface area contributed by atoms with Crippen LogP contribution >= 0.6 is 0 Å². The molecule has 30 heavy (non-hydrogen) atoms. The third-order valence-corrected chi connectivity index (χ3v) is 6.55. The Labute approximate surface area is 177 Å². The molecule has 0 saturated carbocycles. The van der Waals surface area contributed by atoms with Crippen LogP contribution in [0.3, 0.4) is 0 Å². The summed E-state index contributed by atoms with van der Waals surface area (Å²) in [5.41, 5.74) is 1.50. The zero-order chi connectivity index (χ0) is 21.6. The molecule has 0 aromatic heterocycles. The molecule has 0 spiro atoms. The molecular formula is C21H26N2O6S. The predicted octanol–water partition coefficient (Wildman–Crippen LogP) is 1.93. The normalized spacial score (nSPS) is 17.8. The minimum absolute atomic E-state index is 0.0237. The van der Waals surface area contributed by atoms with E-state index < -0.39 is 16.0 Å². The van der Waals surface area contributed by atoms with Gasteiger partial charge >= 0.3 is 5.97 Å². The second-order valence-corrected chi connectivity index (χ2v) is 8.87. The fourth-order valence-corrected chi connectivity index (χ4v) is 4.10. The SMILES string of the molecule is CON(C)S(=O)(=O)c1ccc(C(=O)OCC2CN(Cc3ccccc3)CCO2)cc1. The van der Waals surface area contributed by atoms with Gasteiger partial charge in [0.25, 0.3) is 10.0 Å². The molecule has 1 fully saturated rings. The third-order valence-electron chi connectivity index (χ3n) is 4.86. The molecule has 0 radical (unpaired) electrons. The van der Waals surface area contributed by atoms with E-state index in [4.69, 9.17) is 14.3 Å². The van der Waals surface area contributed by atoms with Crippen molar-refractivity contribution < 1.29 is 27.5 Å². The molecule has 2 aromatic carbocycles. The molecule has 162 valence electrons. The number of carbonyl (C=O) groups is 1. The van der Waals surface area contributed by atoms with E-state index in [9.17, 15) is 13.2 Å². The topological polar surface area (TPSA) is 85.4 Å². The van der Waals surface area contributed by atoms with Crippen LogP contribution in [0, 0.1) is 0 Å². The zero-order valence-corrected chi connectivity index (χ0v) is 17.9. The smallest absolute Gasteiger partial charge is 0.338 e. The lowest BCUT2D eigenvalue weighted by Crippen LogP contribution is -2.44. The fourth-order valence-electron chi connectivity index (χ4n) is 3.13. The van der Waals surface area contributed by atoms with E-state index in [1.165, 1.54) is 44.0 Å². The van der Waals surface area contributed by atoms with Crippen LogP contribution in [-0.4, -0.2) is 70.3 Å². The largest absolute Gasteiger partial charge is 0.459 e. The maximum absolute atomic E-state index is 12.3. The Bertz CT molecular complexity index is 934.